The van der Waals surface area contributed by atoms with Crippen LogP contribution in [0.3, 0.4) is 0 Å². The molecule has 116 valence electrons. The SMILES string of the molecule is COc1cccc(COCC(=O)Nc2cccc(N)c2C)c1. The van der Waals surface area contributed by atoms with Crippen molar-refractivity contribution in [3.63, 3.8) is 0 Å². The Bertz CT molecular complexity index is 656. The largest absolute Gasteiger partial charge is 0.497 e. The minimum Gasteiger partial charge on any atom is -0.497 e. The molecule has 0 bridgehead atoms. The number of rotatable bonds is 6. The molecule has 5 heteroatoms. The molecule has 0 aliphatic heterocycles. The van der Waals surface area contributed by atoms with E-state index < -0.39 is 0 Å². The Balaban J connectivity index is 1.84. The number of carbonyl (C=O) groups excluding carboxylic acids is 1. The molecule has 0 spiro atoms. The molecule has 1 amide bonds. The van der Waals surface area contributed by atoms with Crippen LogP contribution >= 0.6 is 0 Å². The summed E-state index contributed by atoms with van der Waals surface area (Å²) in [5.41, 5.74) is 8.96. The molecule has 0 aliphatic carbocycles. The molecule has 0 fully saturated rings. The van der Waals surface area contributed by atoms with Crippen molar-refractivity contribution in [2.75, 3.05) is 24.8 Å². The van der Waals surface area contributed by atoms with E-state index in [4.69, 9.17) is 15.2 Å². The van der Waals surface area contributed by atoms with E-state index in [1.54, 1.807) is 19.2 Å². The van der Waals surface area contributed by atoms with Crippen molar-refractivity contribution in [3.8, 4) is 5.75 Å². The van der Waals surface area contributed by atoms with E-state index in [-0.39, 0.29) is 12.5 Å². The van der Waals surface area contributed by atoms with Crippen molar-refractivity contribution < 1.29 is 14.3 Å². The van der Waals surface area contributed by atoms with Gasteiger partial charge in [-0.2, -0.15) is 0 Å². The average Bonchev–Trinajstić information content (AvgIpc) is 2.52. The van der Waals surface area contributed by atoms with Crippen LogP contribution in [0, 0.1) is 6.92 Å². The molecule has 0 heterocycles. The number of hydrogen-bond donors (Lipinski definition) is 2. The van der Waals surface area contributed by atoms with Crippen LogP contribution in [-0.4, -0.2) is 19.6 Å². The molecule has 0 aromatic heterocycles. The summed E-state index contributed by atoms with van der Waals surface area (Å²) in [6.07, 6.45) is 0. The Morgan fingerprint density at radius 2 is 2.00 bits per heavy atom. The molecule has 0 unspecified atom stereocenters. The van der Waals surface area contributed by atoms with E-state index in [1.165, 1.54) is 0 Å². The smallest absolute Gasteiger partial charge is 0.250 e. The summed E-state index contributed by atoms with van der Waals surface area (Å²) < 4.78 is 10.6. The topological polar surface area (TPSA) is 73.6 Å². The Morgan fingerprint density at radius 3 is 2.77 bits per heavy atom. The van der Waals surface area contributed by atoms with Gasteiger partial charge in [0.05, 0.1) is 13.7 Å². The Labute approximate surface area is 130 Å². The normalized spacial score (nSPS) is 10.3. The first kappa shape index (κ1) is 15.9. The van der Waals surface area contributed by atoms with Crippen LogP contribution in [0.1, 0.15) is 11.1 Å². The van der Waals surface area contributed by atoms with Gasteiger partial charge in [-0.3, -0.25) is 4.79 Å². The summed E-state index contributed by atoms with van der Waals surface area (Å²) in [6.45, 7) is 2.19. The first-order valence-corrected chi connectivity index (χ1v) is 6.96. The summed E-state index contributed by atoms with van der Waals surface area (Å²) >= 11 is 0. The lowest BCUT2D eigenvalue weighted by molar-refractivity contribution is -0.121. The lowest BCUT2D eigenvalue weighted by atomic mass is 10.1. The summed E-state index contributed by atoms with van der Waals surface area (Å²) in [6, 6.07) is 12.9. The van der Waals surface area contributed by atoms with E-state index in [1.807, 2.05) is 37.3 Å². The predicted molar refractivity (Wildman–Crippen MR) is 86.9 cm³/mol. The van der Waals surface area contributed by atoms with Gasteiger partial charge in [-0.25, -0.2) is 0 Å². The number of anilines is 2. The molecule has 0 saturated carbocycles. The van der Waals surface area contributed by atoms with Crippen molar-refractivity contribution in [2.45, 2.75) is 13.5 Å². The van der Waals surface area contributed by atoms with Crippen molar-refractivity contribution in [3.05, 3.63) is 53.6 Å². The van der Waals surface area contributed by atoms with E-state index >= 15 is 0 Å². The van der Waals surface area contributed by atoms with Crippen molar-refractivity contribution in [1.29, 1.82) is 0 Å². The zero-order valence-corrected chi connectivity index (χ0v) is 12.8. The number of benzene rings is 2. The number of ether oxygens (including phenoxy) is 2. The number of nitrogen functional groups attached to an aromatic ring is 1. The van der Waals surface area contributed by atoms with Crippen molar-refractivity contribution >= 4 is 17.3 Å². The highest BCUT2D eigenvalue weighted by atomic mass is 16.5. The van der Waals surface area contributed by atoms with Gasteiger partial charge in [-0.1, -0.05) is 18.2 Å². The van der Waals surface area contributed by atoms with Gasteiger partial charge in [-0.05, 0) is 42.3 Å². The summed E-state index contributed by atoms with van der Waals surface area (Å²) in [7, 11) is 1.61. The maximum absolute atomic E-state index is 11.9. The highest BCUT2D eigenvalue weighted by Crippen LogP contribution is 2.20. The number of hydrogen-bond acceptors (Lipinski definition) is 4. The number of carbonyl (C=O) groups is 1. The van der Waals surface area contributed by atoms with Gasteiger partial charge >= 0.3 is 0 Å². The third-order valence-electron chi connectivity index (χ3n) is 3.29. The average molecular weight is 300 g/mol. The Morgan fingerprint density at radius 1 is 1.23 bits per heavy atom. The van der Waals surface area contributed by atoms with Gasteiger partial charge in [0.2, 0.25) is 5.91 Å². The van der Waals surface area contributed by atoms with Crippen LogP contribution < -0.4 is 15.8 Å². The molecule has 5 nitrogen and oxygen atoms in total. The third-order valence-corrected chi connectivity index (χ3v) is 3.29. The fraction of sp³-hybridized carbons (Fsp3) is 0.235. The van der Waals surface area contributed by atoms with Crippen LogP contribution in [0.5, 0.6) is 5.75 Å². The molecule has 0 atom stereocenters. The van der Waals surface area contributed by atoms with Gasteiger partial charge < -0.3 is 20.5 Å². The van der Waals surface area contributed by atoms with Gasteiger partial charge in [0.25, 0.3) is 0 Å². The standard InChI is InChI=1S/C17H20N2O3/c1-12-15(18)7-4-8-16(12)19-17(20)11-22-10-13-5-3-6-14(9-13)21-2/h3-9H,10-11,18H2,1-2H3,(H,19,20). The summed E-state index contributed by atoms with van der Waals surface area (Å²) in [4.78, 5) is 11.9. The highest BCUT2D eigenvalue weighted by molar-refractivity contribution is 5.93. The maximum Gasteiger partial charge on any atom is 0.250 e. The van der Waals surface area contributed by atoms with Crippen LogP contribution in [-0.2, 0) is 16.1 Å². The first-order valence-electron chi connectivity index (χ1n) is 6.96. The molecule has 0 saturated heterocycles. The molecule has 0 radical (unpaired) electrons. The van der Waals surface area contributed by atoms with Crippen LogP contribution in [0.15, 0.2) is 42.5 Å². The molecule has 22 heavy (non-hydrogen) atoms. The minimum absolute atomic E-state index is 0.0224. The van der Waals surface area contributed by atoms with Crippen molar-refractivity contribution in [1.82, 2.24) is 0 Å². The Hall–Kier alpha value is -2.53. The zero-order chi connectivity index (χ0) is 15.9. The van der Waals surface area contributed by atoms with E-state index in [2.05, 4.69) is 5.32 Å². The van der Waals surface area contributed by atoms with E-state index in [0.717, 1.165) is 16.9 Å². The number of nitrogens with two attached hydrogens (primary N) is 1. The molecule has 2 aromatic rings. The number of nitrogens with one attached hydrogen (secondary N) is 1. The monoisotopic (exact) mass is 300 g/mol. The molecule has 2 aromatic carbocycles. The van der Waals surface area contributed by atoms with Crippen molar-refractivity contribution in [2.24, 2.45) is 0 Å². The maximum atomic E-state index is 11.9. The first-order chi connectivity index (χ1) is 10.6. The number of amides is 1. The fourth-order valence-corrected chi connectivity index (χ4v) is 2.00. The zero-order valence-electron chi connectivity index (χ0n) is 12.8. The van der Waals surface area contributed by atoms with Gasteiger partial charge in [-0.15, -0.1) is 0 Å². The van der Waals surface area contributed by atoms with Crippen LogP contribution in [0.2, 0.25) is 0 Å². The van der Waals surface area contributed by atoms with Gasteiger partial charge in [0.1, 0.15) is 12.4 Å². The molecule has 0 aliphatic rings. The summed E-state index contributed by atoms with van der Waals surface area (Å²) in [5, 5.41) is 2.79. The van der Waals surface area contributed by atoms with Gasteiger partial charge in [0.15, 0.2) is 0 Å². The highest BCUT2D eigenvalue weighted by Gasteiger charge is 2.06. The lowest BCUT2D eigenvalue weighted by Crippen LogP contribution is -2.19. The third kappa shape index (κ3) is 4.23. The quantitative estimate of drug-likeness (QED) is 0.805. The Kier molecular flexibility index (Phi) is 5.38. The summed E-state index contributed by atoms with van der Waals surface area (Å²) in [5.74, 6) is 0.553. The molecule has 2 rings (SSSR count). The van der Waals surface area contributed by atoms with Crippen LogP contribution in [0.25, 0.3) is 0 Å². The second-order valence-electron chi connectivity index (χ2n) is 4.91. The minimum atomic E-state index is -0.211. The van der Waals surface area contributed by atoms with Gasteiger partial charge in [0, 0.05) is 11.4 Å². The van der Waals surface area contributed by atoms with E-state index in [9.17, 15) is 4.79 Å². The van der Waals surface area contributed by atoms with E-state index in [0.29, 0.717) is 18.0 Å². The second-order valence-corrected chi connectivity index (χ2v) is 4.91. The second kappa shape index (κ2) is 7.47. The number of methoxy groups -OCH3 is 1. The molecular formula is C17H20N2O3. The molecule has 3 N–H and O–H groups in total. The fourth-order valence-electron chi connectivity index (χ4n) is 2.00. The van der Waals surface area contributed by atoms with Crippen LogP contribution in [0.4, 0.5) is 11.4 Å². The molecular weight excluding hydrogens is 280 g/mol. The lowest BCUT2D eigenvalue weighted by Gasteiger charge is -2.10. The predicted octanol–water partition coefficient (Wildman–Crippen LogP) is 2.74.